The fourth-order valence-electron chi connectivity index (χ4n) is 3.02. The van der Waals surface area contributed by atoms with Crippen molar-refractivity contribution in [1.29, 1.82) is 0 Å². The van der Waals surface area contributed by atoms with Crippen molar-refractivity contribution in [3.8, 4) is 5.75 Å². The van der Waals surface area contributed by atoms with E-state index in [2.05, 4.69) is 20.0 Å². The fraction of sp³-hybridized carbons (Fsp3) is 0.350. The van der Waals surface area contributed by atoms with Crippen molar-refractivity contribution in [2.75, 3.05) is 25.1 Å². The van der Waals surface area contributed by atoms with Crippen molar-refractivity contribution in [2.24, 2.45) is 10.7 Å². The summed E-state index contributed by atoms with van der Waals surface area (Å²) in [5.74, 6) is -5.91. The smallest absolute Gasteiger partial charge is 0.422 e. The van der Waals surface area contributed by atoms with E-state index in [0.29, 0.717) is 0 Å². The number of halogens is 6. The molecule has 0 saturated heterocycles. The minimum atomic E-state index is -4.54. The van der Waals surface area contributed by atoms with E-state index >= 15 is 0 Å². The second-order valence-electron chi connectivity index (χ2n) is 7.30. The molecule has 0 fully saturated rings. The summed E-state index contributed by atoms with van der Waals surface area (Å²) < 4.78 is 90.0. The van der Waals surface area contributed by atoms with Gasteiger partial charge >= 0.3 is 6.18 Å². The molecule has 178 valence electrons. The molecule has 3 rings (SSSR count). The van der Waals surface area contributed by atoms with Crippen LogP contribution in [0.1, 0.15) is 23.0 Å². The molecule has 33 heavy (non-hydrogen) atoms. The molecule has 0 aliphatic carbocycles. The lowest BCUT2D eigenvalue weighted by molar-refractivity contribution is -0.153. The van der Waals surface area contributed by atoms with E-state index in [-0.39, 0.29) is 29.6 Å². The Morgan fingerprint density at radius 2 is 2.00 bits per heavy atom. The van der Waals surface area contributed by atoms with Gasteiger partial charge in [-0.2, -0.15) is 13.2 Å². The Balaban J connectivity index is 1.82. The molecule has 2 aromatic rings. The van der Waals surface area contributed by atoms with Crippen molar-refractivity contribution in [2.45, 2.75) is 24.6 Å². The van der Waals surface area contributed by atoms with E-state index < -0.39 is 48.1 Å². The van der Waals surface area contributed by atoms with E-state index in [4.69, 9.17) is 10.5 Å². The van der Waals surface area contributed by atoms with Crippen LogP contribution in [-0.4, -0.2) is 48.6 Å². The summed E-state index contributed by atoms with van der Waals surface area (Å²) in [7, 11) is 0. The number of nitrogens with two attached hydrogens (primary N) is 1. The van der Waals surface area contributed by atoms with E-state index in [1.54, 1.807) is 0 Å². The number of amides is 1. The van der Waals surface area contributed by atoms with Crippen molar-refractivity contribution in [3.05, 3.63) is 53.6 Å². The van der Waals surface area contributed by atoms with Crippen LogP contribution in [0.2, 0.25) is 0 Å². The molecule has 1 aliphatic rings. The molecule has 1 aromatic heterocycles. The van der Waals surface area contributed by atoms with Crippen LogP contribution in [0.5, 0.6) is 5.75 Å². The second kappa shape index (κ2) is 8.89. The molecule has 7 nitrogen and oxygen atoms in total. The van der Waals surface area contributed by atoms with Gasteiger partial charge in [0.15, 0.2) is 12.1 Å². The first-order chi connectivity index (χ1) is 15.3. The van der Waals surface area contributed by atoms with Gasteiger partial charge in [0, 0.05) is 11.3 Å². The molecule has 0 bridgehead atoms. The SMILES string of the molecule is CC1(c2cc(NC(=O)c3ccc(OCC(F)(F)F)cn3)ccc2F)N=C(N)COCC1(F)F. The largest absolute Gasteiger partial charge is 0.483 e. The number of rotatable bonds is 5. The highest BCUT2D eigenvalue weighted by Gasteiger charge is 2.54. The lowest BCUT2D eigenvalue weighted by Gasteiger charge is -2.33. The third-order valence-corrected chi connectivity index (χ3v) is 4.73. The molecular formula is C20H18F6N4O3. The van der Waals surface area contributed by atoms with Gasteiger partial charge in [0.2, 0.25) is 0 Å². The summed E-state index contributed by atoms with van der Waals surface area (Å²) in [6.45, 7) is -1.92. The van der Waals surface area contributed by atoms with Gasteiger partial charge in [0.05, 0.1) is 6.20 Å². The number of carbonyl (C=O) groups excluding carboxylic acids is 1. The molecule has 1 amide bonds. The number of ether oxygens (including phenoxy) is 2. The Labute approximate surface area is 183 Å². The van der Waals surface area contributed by atoms with Crippen LogP contribution in [-0.2, 0) is 10.3 Å². The number of alkyl halides is 5. The lowest BCUT2D eigenvalue weighted by Crippen LogP contribution is -2.45. The number of carbonyl (C=O) groups is 1. The Morgan fingerprint density at radius 1 is 1.27 bits per heavy atom. The lowest BCUT2D eigenvalue weighted by atomic mass is 9.85. The van der Waals surface area contributed by atoms with Gasteiger partial charge in [-0.1, -0.05) is 0 Å². The zero-order valence-corrected chi connectivity index (χ0v) is 17.0. The van der Waals surface area contributed by atoms with E-state index in [1.807, 2.05) is 0 Å². The van der Waals surface area contributed by atoms with E-state index in [0.717, 1.165) is 43.5 Å². The Morgan fingerprint density at radius 3 is 2.64 bits per heavy atom. The number of amidine groups is 1. The van der Waals surface area contributed by atoms with Crippen molar-refractivity contribution in [3.63, 3.8) is 0 Å². The predicted octanol–water partition coefficient (Wildman–Crippen LogP) is 3.65. The maximum absolute atomic E-state index is 14.8. The van der Waals surface area contributed by atoms with Gasteiger partial charge in [-0.15, -0.1) is 0 Å². The summed E-state index contributed by atoms with van der Waals surface area (Å²) in [6.07, 6.45) is -3.62. The van der Waals surface area contributed by atoms with Gasteiger partial charge in [0.1, 0.15) is 36.3 Å². The monoisotopic (exact) mass is 476 g/mol. The van der Waals surface area contributed by atoms with Crippen LogP contribution in [0.15, 0.2) is 41.5 Å². The number of nitrogens with zero attached hydrogens (tertiary/aromatic N) is 2. The van der Waals surface area contributed by atoms with Crippen LogP contribution >= 0.6 is 0 Å². The fourth-order valence-corrected chi connectivity index (χ4v) is 3.02. The highest BCUT2D eigenvalue weighted by atomic mass is 19.4. The summed E-state index contributed by atoms with van der Waals surface area (Å²) >= 11 is 0. The molecule has 0 spiro atoms. The third-order valence-electron chi connectivity index (χ3n) is 4.73. The van der Waals surface area contributed by atoms with E-state index in [1.165, 1.54) is 0 Å². The van der Waals surface area contributed by atoms with Gasteiger partial charge in [-0.25, -0.2) is 18.2 Å². The number of anilines is 1. The molecule has 13 heteroatoms. The van der Waals surface area contributed by atoms with Crippen molar-refractivity contribution < 1.29 is 40.6 Å². The quantitative estimate of drug-likeness (QED) is 0.642. The van der Waals surface area contributed by atoms with Gasteiger partial charge < -0.3 is 20.5 Å². The Bertz CT molecular complexity index is 1060. The summed E-state index contributed by atoms with van der Waals surface area (Å²) in [6, 6.07) is 5.22. The zero-order valence-electron chi connectivity index (χ0n) is 17.0. The molecule has 1 aliphatic heterocycles. The molecule has 2 heterocycles. The Hall–Kier alpha value is -3.35. The topological polar surface area (TPSA) is 98.8 Å². The van der Waals surface area contributed by atoms with Crippen LogP contribution in [0.4, 0.5) is 32.0 Å². The number of hydrogen-bond acceptors (Lipinski definition) is 6. The van der Waals surface area contributed by atoms with E-state index in [9.17, 15) is 31.1 Å². The average Bonchev–Trinajstić information content (AvgIpc) is 2.83. The summed E-state index contributed by atoms with van der Waals surface area (Å²) in [5.41, 5.74) is 2.40. The number of aromatic nitrogens is 1. The molecular weight excluding hydrogens is 458 g/mol. The number of hydrogen-bond donors (Lipinski definition) is 2. The molecule has 3 N–H and O–H groups in total. The van der Waals surface area contributed by atoms with Crippen LogP contribution < -0.4 is 15.8 Å². The predicted molar refractivity (Wildman–Crippen MR) is 105 cm³/mol. The summed E-state index contributed by atoms with van der Waals surface area (Å²) in [4.78, 5) is 19.9. The van der Waals surface area contributed by atoms with Gasteiger partial charge in [-0.3, -0.25) is 9.79 Å². The van der Waals surface area contributed by atoms with Crippen molar-refractivity contribution in [1.82, 2.24) is 4.98 Å². The molecule has 1 unspecified atom stereocenters. The normalized spacial score (nSPS) is 20.5. The second-order valence-corrected chi connectivity index (χ2v) is 7.30. The number of benzene rings is 1. The highest BCUT2D eigenvalue weighted by Crippen LogP contribution is 2.44. The number of aliphatic imine (C=N–C) groups is 1. The minimum absolute atomic E-state index is 0.0495. The first kappa shape index (κ1) is 24.3. The van der Waals surface area contributed by atoms with Crippen LogP contribution in [0, 0.1) is 5.82 Å². The van der Waals surface area contributed by atoms with Gasteiger partial charge in [0.25, 0.3) is 11.8 Å². The first-order valence-electron chi connectivity index (χ1n) is 9.37. The number of pyridine rings is 1. The zero-order chi connectivity index (χ0) is 24.4. The first-order valence-corrected chi connectivity index (χ1v) is 9.37. The average molecular weight is 476 g/mol. The molecule has 0 saturated carbocycles. The number of nitrogens with one attached hydrogen (secondary N) is 1. The maximum Gasteiger partial charge on any atom is 0.422 e. The standard InChI is InChI=1S/C20H18F6N4O3/c1-18(19(22,23)9-32-8-16(27)30-18)13-6-11(2-4-14(13)21)29-17(31)15-5-3-12(7-28-15)33-10-20(24,25)26/h2-7H,8-10H2,1H3,(H2,27,30)(H,29,31). The van der Waals surface area contributed by atoms with Crippen LogP contribution in [0.25, 0.3) is 0 Å². The molecule has 1 atom stereocenters. The molecule has 1 aromatic carbocycles. The third kappa shape index (κ3) is 5.53. The van der Waals surface area contributed by atoms with Gasteiger partial charge in [-0.05, 0) is 37.3 Å². The maximum atomic E-state index is 14.8. The highest BCUT2D eigenvalue weighted by molar-refractivity contribution is 6.02. The molecule has 0 radical (unpaired) electrons. The Kier molecular flexibility index (Phi) is 6.54. The minimum Gasteiger partial charge on any atom is -0.483 e. The van der Waals surface area contributed by atoms with Crippen LogP contribution in [0.3, 0.4) is 0 Å². The van der Waals surface area contributed by atoms with Crippen molar-refractivity contribution >= 4 is 17.4 Å². The summed E-state index contributed by atoms with van der Waals surface area (Å²) in [5, 5.41) is 2.37.